The molecule has 0 aromatic heterocycles. The first-order chi connectivity index (χ1) is 10.9. The summed E-state index contributed by atoms with van der Waals surface area (Å²) in [7, 11) is 0.100. The van der Waals surface area contributed by atoms with Crippen LogP contribution in [0.3, 0.4) is 0 Å². The van der Waals surface area contributed by atoms with E-state index in [0.717, 1.165) is 5.30 Å². The highest BCUT2D eigenvalue weighted by molar-refractivity contribution is 8.13. The zero-order valence-corrected chi connectivity index (χ0v) is 17.3. The van der Waals surface area contributed by atoms with Crippen molar-refractivity contribution in [1.29, 1.82) is 0 Å². The smallest absolute Gasteiger partial charge is 0.218 e. The first-order valence-electron chi connectivity index (χ1n) is 7.04. The molecule has 0 bridgehead atoms. The van der Waals surface area contributed by atoms with Gasteiger partial charge < -0.3 is 0 Å². The molecule has 0 aliphatic carbocycles. The maximum atomic E-state index is 13.1. The van der Waals surface area contributed by atoms with E-state index in [2.05, 4.69) is 9.24 Å². The van der Waals surface area contributed by atoms with Crippen molar-refractivity contribution in [3.8, 4) is 0 Å². The van der Waals surface area contributed by atoms with Crippen LogP contribution in [-0.4, -0.2) is 16.8 Å². The predicted octanol–water partition coefficient (Wildman–Crippen LogP) is 3.18. The molecule has 0 saturated heterocycles. The first-order valence-corrected chi connectivity index (χ1v) is 11.4. The largest absolute Gasteiger partial charge is 0.261 e. The van der Waals surface area contributed by atoms with Crippen LogP contribution in [0.25, 0.3) is 0 Å². The van der Waals surface area contributed by atoms with E-state index in [1.807, 2.05) is 0 Å². The molecule has 0 spiro atoms. The highest BCUT2D eigenvalue weighted by Crippen LogP contribution is 2.36. The van der Waals surface area contributed by atoms with Gasteiger partial charge in [-0.2, -0.15) is 0 Å². The molecule has 0 fully saturated rings. The molecule has 1 atom stereocenters. The molecule has 0 heterocycles. The summed E-state index contributed by atoms with van der Waals surface area (Å²) in [6.45, 7) is 6.48. The Morgan fingerprint density at radius 2 is 1.21 bits per heavy atom. The molecule has 0 aliphatic heterocycles. The van der Waals surface area contributed by atoms with E-state index in [1.54, 1.807) is 32.9 Å². The summed E-state index contributed by atoms with van der Waals surface area (Å²) in [4.78, 5) is -0.0177. The molecule has 0 N–H and O–H groups in total. The van der Waals surface area contributed by atoms with Gasteiger partial charge in [-0.3, -0.25) is 0 Å². The molecule has 8 heteroatoms. The summed E-state index contributed by atoms with van der Waals surface area (Å²) >= 11 is 0. The Bertz CT molecular complexity index is 1020. The van der Waals surface area contributed by atoms with Gasteiger partial charge in [0.1, 0.15) is 0 Å². The Labute approximate surface area is 149 Å². The second kappa shape index (κ2) is 6.41. The maximum Gasteiger partial charge on any atom is 0.261 e. The van der Waals surface area contributed by atoms with Crippen LogP contribution in [0.5, 0.6) is 0 Å². The lowest BCUT2D eigenvalue weighted by Crippen LogP contribution is -2.13. The zero-order valence-electron chi connectivity index (χ0n) is 13.7. The number of sulfone groups is 1. The van der Waals surface area contributed by atoms with E-state index in [1.165, 1.54) is 19.1 Å². The predicted molar refractivity (Wildman–Crippen MR) is 99.7 cm³/mol. The van der Waals surface area contributed by atoms with Gasteiger partial charge in [-0.1, -0.05) is 12.1 Å². The third-order valence-corrected chi connectivity index (χ3v) is 8.18. The van der Waals surface area contributed by atoms with Crippen molar-refractivity contribution in [2.75, 3.05) is 0 Å². The van der Waals surface area contributed by atoms with Crippen molar-refractivity contribution in [2.24, 2.45) is 0 Å². The lowest BCUT2D eigenvalue weighted by molar-refractivity contribution is 0.593. The fourth-order valence-corrected chi connectivity index (χ4v) is 6.55. The normalized spacial score (nSPS) is 12.4. The summed E-state index contributed by atoms with van der Waals surface area (Å²) < 4.78 is 50.1. The molecule has 2 rings (SSSR count). The molecule has 0 radical (unpaired) electrons. The van der Waals surface area contributed by atoms with Crippen molar-refractivity contribution in [3.63, 3.8) is 0 Å². The van der Waals surface area contributed by atoms with Gasteiger partial charge in [0.2, 0.25) is 9.84 Å². The van der Waals surface area contributed by atoms with Crippen molar-refractivity contribution in [2.45, 2.75) is 42.4 Å². The molecular formula is C16H18ClO4PS2. The second-order valence-corrected chi connectivity index (χ2v) is 10.7. The van der Waals surface area contributed by atoms with Gasteiger partial charge in [0.25, 0.3) is 9.05 Å². The lowest BCUT2D eigenvalue weighted by atomic mass is 10.0. The van der Waals surface area contributed by atoms with Crippen LogP contribution in [0.4, 0.5) is 0 Å². The molecule has 0 saturated carbocycles. The summed E-state index contributed by atoms with van der Waals surface area (Å²) in [5.74, 6) is 0. The van der Waals surface area contributed by atoms with Crippen LogP contribution in [-0.2, 0) is 18.9 Å². The minimum absolute atomic E-state index is 0.00123. The fourth-order valence-electron chi connectivity index (χ4n) is 2.82. The lowest BCUT2D eigenvalue weighted by Gasteiger charge is -2.19. The average molecular weight is 405 g/mol. The minimum atomic E-state index is -4.07. The number of rotatable bonds is 3. The third-order valence-electron chi connectivity index (χ3n) is 4.19. The van der Waals surface area contributed by atoms with Crippen LogP contribution in [0.2, 0.25) is 0 Å². The van der Waals surface area contributed by atoms with Gasteiger partial charge in [-0.15, -0.1) is 9.24 Å². The zero-order chi connectivity index (χ0) is 18.4. The highest BCUT2D eigenvalue weighted by Gasteiger charge is 2.30. The van der Waals surface area contributed by atoms with Crippen LogP contribution >= 0.6 is 19.9 Å². The number of halogens is 1. The van der Waals surface area contributed by atoms with Gasteiger partial charge in [0, 0.05) is 10.7 Å². The fraction of sp³-hybridized carbons (Fsp3) is 0.250. The number of hydrogen-bond donors (Lipinski definition) is 0. The molecule has 24 heavy (non-hydrogen) atoms. The van der Waals surface area contributed by atoms with Crippen molar-refractivity contribution < 1.29 is 16.8 Å². The van der Waals surface area contributed by atoms with E-state index >= 15 is 0 Å². The molecule has 130 valence electrons. The Morgan fingerprint density at radius 1 is 0.750 bits per heavy atom. The van der Waals surface area contributed by atoms with Crippen LogP contribution < -0.4 is 5.30 Å². The van der Waals surface area contributed by atoms with Gasteiger partial charge in [0.05, 0.1) is 14.7 Å². The van der Waals surface area contributed by atoms with Gasteiger partial charge >= 0.3 is 0 Å². The van der Waals surface area contributed by atoms with Crippen LogP contribution in [0.15, 0.2) is 39.0 Å². The highest BCUT2D eigenvalue weighted by atomic mass is 35.7. The first kappa shape index (κ1) is 19.4. The Kier molecular flexibility index (Phi) is 5.18. The Morgan fingerprint density at radius 3 is 1.67 bits per heavy atom. The molecule has 0 amide bonds. The van der Waals surface area contributed by atoms with E-state index in [0.29, 0.717) is 16.7 Å². The van der Waals surface area contributed by atoms with E-state index in [-0.39, 0.29) is 20.2 Å². The number of benzene rings is 2. The molecule has 1 unspecified atom stereocenters. The van der Waals surface area contributed by atoms with Crippen molar-refractivity contribution in [1.82, 2.24) is 0 Å². The standard InChI is InChI=1S/C16H18ClO4PS2/c1-9-10(2)15(12(4)16(11(9)3)24(17,20)21)23(18,19)14-7-5-13(22)6-8-14/h5-8H,22H2,1-4H3. The summed E-state index contributed by atoms with van der Waals surface area (Å²) in [6.07, 6.45) is 0. The summed E-state index contributed by atoms with van der Waals surface area (Å²) in [5.41, 5.74) is 1.75. The van der Waals surface area contributed by atoms with Crippen LogP contribution in [0, 0.1) is 27.7 Å². The van der Waals surface area contributed by atoms with E-state index in [9.17, 15) is 16.8 Å². The summed E-state index contributed by atoms with van der Waals surface area (Å²) in [6, 6.07) is 6.34. The Balaban J connectivity index is 2.94. The van der Waals surface area contributed by atoms with E-state index in [4.69, 9.17) is 10.7 Å². The average Bonchev–Trinajstić information content (AvgIpc) is 2.43. The SMILES string of the molecule is Cc1c(C)c(S(=O)(=O)Cl)c(C)c(S(=O)(=O)c2ccc(P)cc2)c1C. The van der Waals surface area contributed by atoms with Gasteiger partial charge in [-0.25, -0.2) is 16.8 Å². The molecular weight excluding hydrogens is 387 g/mol. The minimum Gasteiger partial charge on any atom is -0.218 e. The molecule has 0 aliphatic rings. The van der Waals surface area contributed by atoms with Crippen molar-refractivity contribution in [3.05, 3.63) is 46.5 Å². The van der Waals surface area contributed by atoms with Gasteiger partial charge in [0.15, 0.2) is 0 Å². The van der Waals surface area contributed by atoms with Crippen molar-refractivity contribution >= 4 is 44.1 Å². The topological polar surface area (TPSA) is 68.3 Å². The van der Waals surface area contributed by atoms with Crippen LogP contribution in [0.1, 0.15) is 22.3 Å². The molecule has 2 aromatic rings. The quantitative estimate of drug-likeness (QED) is 0.582. The summed E-state index contributed by atoms with van der Waals surface area (Å²) in [5, 5.41) is 0.853. The Hall–Kier alpha value is -0.940. The second-order valence-electron chi connectivity index (χ2n) is 5.67. The monoisotopic (exact) mass is 404 g/mol. The van der Waals surface area contributed by atoms with E-state index < -0.39 is 18.9 Å². The third kappa shape index (κ3) is 3.25. The molecule has 2 aromatic carbocycles. The van der Waals surface area contributed by atoms with Gasteiger partial charge in [-0.05, 0) is 67.4 Å². The number of hydrogen-bond acceptors (Lipinski definition) is 4. The maximum absolute atomic E-state index is 13.1. The molecule has 4 nitrogen and oxygen atoms in total.